The van der Waals surface area contributed by atoms with Gasteiger partial charge in [-0.25, -0.2) is 0 Å². The van der Waals surface area contributed by atoms with E-state index in [1.807, 2.05) is 6.26 Å². The lowest BCUT2D eigenvalue weighted by molar-refractivity contribution is -0.138. The van der Waals surface area contributed by atoms with E-state index in [2.05, 4.69) is 0 Å². The highest BCUT2D eigenvalue weighted by molar-refractivity contribution is 7.98. The maximum Gasteiger partial charge on any atom is 0.320 e. The second-order valence-electron chi connectivity index (χ2n) is 3.16. The van der Waals surface area contributed by atoms with Gasteiger partial charge in [0.2, 0.25) is 0 Å². The van der Waals surface area contributed by atoms with Crippen LogP contribution >= 0.6 is 11.8 Å². The van der Waals surface area contributed by atoms with Gasteiger partial charge in [0.05, 0.1) is 0 Å². The van der Waals surface area contributed by atoms with E-state index in [0.29, 0.717) is 0 Å². The van der Waals surface area contributed by atoms with Crippen molar-refractivity contribution < 1.29 is 15.0 Å². The van der Waals surface area contributed by atoms with E-state index < -0.39 is 12.0 Å². The number of carboxylic acid groups (broad SMARTS) is 1. The lowest BCUT2D eigenvalue weighted by atomic mass is 10.1. The molecule has 0 spiro atoms. The molecule has 0 aliphatic carbocycles. The molecule has 4 N–H and O–H groups in total. The third kappa shape index (κ3) is 3.14. The molecule has 4 nitrogen and oxygen atoms in total. The van der Waals surface area contributed by atoms with E-state index in [1.165, 1.54) is 11.8 Å². The van der Waals surface area contributed by atoms with Gasteiger partial charge in [-0.3, -0.25) is 4.79 Å². The molecule has 1 aromatic rings. The molecule has 0 heterocycles. The highest BCUT2D eigenvalue weighted by atomic mass is 32.2. The largest absolute Gasteiger partial charge is 0.507 e. The fraction of sp³-hybridized carbons (Fsp3) is 0.300. The first kappa shape index (κ1) is 11.9. The molecule has 0 aliphatic rings. The SMILES string of the molecule is CSc1ccc(CC(N)C(=O)O)cc1O. The van der Waals surface area contributed by atoms with Gasteiger partial charge in [-0.15, -0.1) is 11.8 Å². The van der Waals surface area contributed by atoms with Crippen LogP contribution in [0, 0.1) is 0 Å². The summed E-state index contributed by atoms with van der Waals surface area (Å²) >= 11 is 1.43. The standard InChI is InChI=1S/C10H13NO3S/c1-15-9-3-2-6(5-8(9)12)4-7(11)10(13)14/h2-3,5,7,12H,4,11H2,1H3,(H,13,14). The molecule has 1 atom stereocenters. The van der Waals surface area contributed by atoms with E-state index >= 15 is 0 Å². The average Bonchev–Trinajstić information content (AvgIpc) is 2.18. The Bertz CT molecular complexity index is 368. The Morgan fingerprint density at radius 1 is 1.60 bits per heavy atom. The topological polar surface area (TPSA) is 83.6 Å². The van der Waals surface area contributed by atoms with Gasteiger partial charge in [-0.05, 0) is 30.4 Å². The molecule has 0 amide bonds. The van der Waals surface area contributed by atoms with E-state index in [1.54, 1.807) is 18.2 Å². The number of thioether (sulfide) groups is 1. The summed E-state index contributed by atoms with van der Waals surface area (Å²) in [4.78, 5) is 11.3. The van der Waals surface area contributed by atoms with Gasteiger partial charge in [0.25, 0.3) is 0 Å². The highest BCUT2D eigenvalue weighted by Gasteiger charge is 2.12. The number of phenols is 1. The monoisotopic (exact) mass is 227 g/mol. The summed E-state index contributed by atoms with van der Waals surface area (Å²) in [6.45, 7) is 0. The summed E-state index contributed by atoms with van der Waals surface area (Å²) in [5.41, 5.74) is 6.11. The van der Waals surface area contributed by atoms with Crippen LogP contribution < -0.4 is 5.73 Å². The van der Waals surface area contributed by atoms with Gasteiger partial charge in [-0.1, -0.05) is 6.07 Å². The second-order valence-corrected chi connectivity index (χ2v) is 4.00. The zero-order valence-corrected chi connectivity index (χ0v) is 9.12. The van der Waals surface area contributed by atoms with Crippen LogP contribution in [0.5, 0.6) is 5.75 Å². The Labute approximate surface area is 92.1 Å². The van der Waals surface area contributed by atoms with E-state index in [4.69, 9.17) is 10.8 Å². The predicted octanol–water partition coefficient (Wildman–Crippen LogP) is 1.07. The number of hydrogen-bond donors (Lipinski definition) is 3. The van der Waals surface area contributed by atoms with Crippen molar-refractivity contribution in [2.45, 2.75) is 17.4 Å². The number of benzene rings is 1. The van der Waals surface area contributed by atoms with Crippen molar-refractivity contribution in [1.82, 2.24) is 0 Å². The molecule has 0 saturated heterocycles. The minimum Gasteiger partial charge on any atom is -0.507 e. The lowest BCUT2D eigenvalue weighted by Gasteiger charge is -2.08. The maximum atomic E-state index is 10.5. The van der Waals surface area contributed by atoms with Gasteiger partial charge in [0.15, 0.2) is 0 Å². The highest BCUT2D eigenvalue weighted by Crippen LogP contribution is 2.27. The number of nitrogens with two attached hydrogens (primary N) is 1. The summed E-state index contributed by atoms with van der Waals surface area (Å²) < 4.78 is 0. The molecule has 15 heavy (non-hydrogen) atoms. The van der Waals surface area contributed by atoms with Gasteiger partial charge in [0, 0.05) is 4.90 Å². The zero-order valence-electron chi connectivity index (χ0n) is 8.30. The van der Waals surface area contributed by atoms with Crippen molar-refractivity contribution in [2.75, 3.05) is 6.26 Å². The van der Waals surface area contributed by atoms with Crippen molar-refractivity contribution >= 4 is 17.7 Å². The van der Waals surface area contributed by atoms with Crippen LogP contribution in [-0.2, 0) is 11.2 Å². The summed E-state index contributed by atoms with van der Waals surface area (Å²) in [5, 5.41) is 18.2. The molecule has 0 radical (unpaired) electrons. The number of carbonyl (C=O) groups is 1. The number of carboxylic acids is 1. The third-order valence-electron chi connectivity index (χ3n) is 2.02. The van der Waals surface area contributed by atoms with Crippen LogP contribution in [-0.4, -0.2) is 28.5 Å². The quantitative estimate of drug-likeness (QED) is 0.670. The molecule has 1 rings (SSSR count). The first-order valence-corrected chi connectivity index (χ1v) is 5.61. The first-order chi connectivity index (χ1) is 7.04. The van der Waals surface area contributed by atoms with Crippen molar-refractivity contribution in [3.8, 4) is 5.75 Å². The molecule has 0 aliphatic heterocycles. The normalized spacial score (nSPS) is 12.4. The second kappa shape index (κ2) is 5.04. The van der Waals surface area contributed by atoms with Crippen LogP contribution in [0.15, 0.2) is 23.1 Å². The molecule has 0 bridgehead atoms. The molecule has 1 unspecified atom stereocenters. The zero-order chi connectivity index (χ0) is 11.4. The molecule has 82 valence electrons. The third-order valence-corrected chi connectivity index (χ3v) is 2.80. The molecule has 0 aromatic heterocycles. The number of hydrogen-bond acceptors (Lipinski definition) is 4. The van der Waals surface area contributed by atoms with Crippen LogP contribution in [0.2, 0.25) is 0 Å². The molecule has 0 saturated carbocycles. The van der Waals surface area contributed by atoms with E-state index in [9.17, 15) is 9.90 Å². The maximum absolute atomic E-state index is 10.5. The summed E-state index contributed by atoms with van der Waals surface area (Å²) in [6.07, 6.45) is 2.08. The van der Waals surface area contributed by atoms with Gasteiger partial charge in [-0.2, -0.15) is 0 Å². The smallest absolute Gasteiger partial charge is 0.320 e. The number of aromatic hydroxyl groups is 1. The fourth-order valence-electron chi connectivity index (χ4n) is 1.20. The van der Waals surface area contributed by atoms with Crippen molar-refractivity contribution in [2.24, 2.45) is 5.73 Å². The van der Waals surface area contributed by atoms with Gasteiger partial charge >= 0.3 is 5.97 Å². The van der Waals surface area contributed by atoms with Gasteiger partial charge in [0.1, 0.15) is 11.8 Å². The number of rotatable bonds is 4. The fourth-order valence-corrected chi connectivity index (χ4v) is 1.68. The van der Waals surface area contributed by atoms with Gasteiger partial charge < -0.3 is 15.9 Å². The van der Waals surface area contributed by atoms with E-state index in [0.717, 1.165) is 10.5 Å². The molecular formula is C10H13NO3S. The van der Waals surface area contributed by atoms with Crippen LogP contribution in [0.25, 0.3) is 0 Å². The van der Waals surface area contributed by atoms with Crippen molar-refractivity contribution in [1.29, 1.82) is 0 Å². The van der Waals surface area contributed by atoms with Crippen LogP contribution in [0.3, 0.4) is 0 Å². The summed E-state index contributed by atoms with van der Waals surface area (Å²) in [5.74, 6) is -0.874. The number of aliphatic carboxylic acids is 1. The minimum absolute atomic E-state index is 0.164. The number of phenolic OH excluding ortho intramolecular Hbond substituents is 1. The minimum atomic E-state index is -1.04. The predicted molar refractivity (Wildman–Crippen MR) is 59.2 cm³/mol. The van der Waals surface area contributed by atoms with Crippen molar-refractivity contribution in [3.05, 3.63) is 23.8 Å². The molecule has 0 fully saturated rings. The molecule has 5 heteroatoms. The molecule has 1 aromatic carbocycles. The molecular weight excluding hydrogens is 214 g/mol. The summed E-state index contributed by atoms with van der Waals surface area (Å²) in [6, 6.07) is 4.15. The van der Waals surface area contributed by atoms with Crippen LogP contribution in [0.1, 0.15) is 5.56 Å². The Hall–Kier alpha value is -1.20. The summed E-state index contributed by atoms with van der Waals surface area (Å²) in [7, 11) is 0. The Morgan fingerprint density at radius 2 is 2.27 bits per heavy atom. The first-order valence-electron chi connectivity index (χ1n) is 4.39. The Balaban J connectivity index is 2.79. The van der Waals surface area contributed by atoms with E-state index in [-0.39, 0.29) is 12.2 Å². The van der Waals surface area contributed by atoms with Crippen LogP contribution in [0.4, 0.5) is 0 Å². The Morgan fingerprint density at radius 3 is 2.73 bits per heavy atom. The lowest BCUT2D eigenvalue weighted by Crippen LogP contribution is -2.32. The average molecular weight is 227 g/mol. The van der Waals surface area contributed by atoms with Crippen molar-refractivity contribution in [3.63, 3.8) is 0 Å². The Kier molecular flexibility index (Phi) is 3.99.